The molecular weight excluding hydrogens is 614 g/mol. The van der Waals surface area contributed by atoms with Gasteiger partial charge in [-0.15, -0.1) is 0 Å². The number of nitrogens with one attached hydrogen (secondary N) is 3. The third kappa shape index (κ3) is 7.44. The average molecular weight is 646 g/mol. The molecule has 8 rings (SSSR count). The van der Waals surface area contributed by atoms with Gasteiger partial charge < -0.3 is 29.7 Å². The molecule has 3 N–H and O–H groups in total. The minimum Gasteiger partial charge on any atom is -0.495 e. The molecular formula is C29H31F3N7O5P. The number of amides is 1. The second kappa shape index (κ2) is 13.3. The molecule has 45 heavy (non-hydrogen) atoms. The van der Waals surface area contributed by atoms with Gasteiger partial charge in [0.25, 0.3) is 5.91 Å². The number of hydrogen-bond acceptors (Lipinski definition) is 10. The summed E-state index contributed by atoms with van der Waals surface area (Å²) in [4.78, 5) is 20.9. The van der Waals surface area contributed by atoms with Gasteiger partial charge >= 0.3 is 13.8 Å². The van der Waals surface area contributed by atoms with Crippen LogP contribution in [0.2, 0.25) is 0 Å². The largest absolute Gasteiger partial charge is 0.495 e. The number of anilines is 4. The monoisotopic (exact) mass is 645 g/mol. The molecule has 6 heterocycles. The number of rotatable bonds is 4. The lowest BCUT2D eigenvalue weighted by atomic mass is 10.0. The molecule has 4 aliphatic heterocycles. The van der Waals surface area contributed by atoms with Crippen LogP contribution in [0.25, 0.3) is 11.1 Å². The summed E-state index contributed by atoms with van der Waals surface area (Å²) in [5.41, 5.74) is 1.27. The summed E-state index contributed by atoms with van der Waals surface area (Å²) in [6.07, 6.45) is -0.327. The molecule has 0 saturated heterocycles. The number of benzene rings is 2. The number of ether oxygens (including phenoxy) is 1. The van der Waals surface area contributed by atoms with Crippen molar-refractivity contribution < 1.29 is 36.3 Å². The molecule has 16 heteroatoms. The Morgan fingerprint density at radius 3 is 2.67 bits per heavy atom. The second-order valence-corrected chi connectivity index (χ2v) is 12.0. The van der Waals surface area contributed by atoms with E-state index in [1.54, 1.807) is 54.3 Å². The lowest BCUT2D eigenvalue weighted by Gasteiger charge is -2.19. The number of halogens is 3. The summed E-state index contributed by atoms with van der Waals surface area (Å²) >= 11 is 0. The minimum atomic E-state index is -4.80. The van der Waals surface area contributed by atoms with E-state index in [2.05, 4.69) is 31.0 Å². The fourth-order valence-electron chi connectivity index (χ4n) is 4.70. The number of carbonyl (C=O) groups excluding carboxylic acids is 1. The van der Waals surface area contributed by atoms with Crippen molar-refractivity contribution in [3.05, 3.63) is 71.7 Å². The van der Waals surface area contributed by atoms with E-state index in [-0.39, 0.29) is 36.6 Å². The van der Waals surface area contributed by atoms with E-state index in [0.29, 0.717) is 47.3 Å². The minimum absolute atomic E-state index is 0.0302. The lowest BCUT2D eigenvalue weighted by Crippen LogP contribution is -2.20. The molecule has 0 radical (unpaired) electrons. The van der Waals surface area contributed by atoms with Crippen LogP contribution in [0.4, 0.5) is 36.3 Å². The summed E-state index contributed by atoms with van der Waals surface area (Å²) in [6, 6.07) is 9.59. The highest BCUT2D eigenvalue weighted by Gasteiger charge is 2.36. The zero-order valence-electron chi connectivity index (χ0n) is 24.6. The van der Waals surface area contributed by atoms with Crippen molar-refractivity contribution in [2.75, 3.05) is 38.0 Å². The van der Waals surface area contributed by atoms with Gasteiger partial charge in [0, 0.05) is 31.5 Å². The fraction of sp³-hybridized carbons (Fsp3) is 0.310. The molecule has 1 unspecified atom stereocenters. The first-order valence-corrected chi connectivity index (χ1v) is 15.7. The van der Waals surface area contributed by atoms with E-state index in [1.165, 1.54) is 20.2 Å². The molecule has 0 spiro atoms. The van der Waals surface area contributed by atoms with E-state index in [4.69, 9.17) is 13.8 Å². The van der Waals surface area contributed by atoms with Crippen LogP contribution >= 0.6 is 7.60 Å². The van der Waals surface area contributed by atoms with E-state index >= 15 is 0 Å². The van der Waals surface area contributed by atoms with E-state index in [0.717, 1.165) is 0 Å². The van der Waals surface area contributed by atoms with E-state index < -0.39 is 31.1 Å². The highest BCUT2D eigenvalue weighted by molar-refractivity contribution is 7.53. The number of aryl methyl sites for hydroxylation is 1. The maximum atomic E-state index is 14.1. The predicted octanol–water partition coefficient (Wildman–Crippen LogP) is 6.36. The number of alkyl halides is 3. The first kappa shape index (κ1) is 31.9. The van der Waals surface area contributed by atoms with E-state index in [9.17, 15) is 22.5 Å². The Balaban J connectivity index is 1.62. The van der Waals surface area contributed by atoms with Gasteiger partial charge in [-0.25, -0.2) is 4.98 Å². The number of aromatic nitrogens is 4. The summed E-state index contributed by atoms with van der Waals surface area (Å²) < 4.78 is 74.2. The summed E-state index contributed by atoms with van der Waals surface area (Å²) in [5, 5.41) is 12.5. The Labute approximate surface area is 256 Å². The first-order valence-electron chi connectivity index (χ1n) is 13.9. The van der Waals surface area contributed by atoms with Gasteiger partial charge in [0.05, 0.1) is 49.6 Å². The maximum absolute atomic E-state index is 14.1. The van der Waals surface area contributed by atoms with Crippen LogP contribution in [0.15, 0.2) is 55.0 Å². The van der Waals surface area contributed by atoms with Crippen LogP contribution in [0.1, 0.15) is 34.8 Å². The van der Waals surface area contributed by atoms with Gasteiger partial charge in [0.2, 0.25) is 5.95 Å². The third-order valence-corrected chi connectivity index (χ3v) is 8.82. The highest BCUT2D eigenvalue weighted by atomic mass is 31.2. The van der Waals surface area contributed by atoms with Gasteiger partial charge in [-0.1, -0.05) is 12.1 Å². The molecule has 0 fully saturated rings. The van der Waals surface area contributed by atoms with Crippen LogP contribution in [0.5, 0.6) is 5.75 Å². The lowest BCUT2D eigenvalue weighted by molar-refractivity contribution is -0.137. The molecule has 0 aliphatic carbocycles. The van der Waals surface area contributed by atoms with Crippen molar-refractivity contribution in [2.45, 2.75) is 32.2 Å². The molecule has 238 valence electrons. The summed E-state index contributed by atoms with van der Waals surface area (Å²) in [7, 11) is -0.704. The number of hydrogen-bond donors (Lipinski definition) is 3. The molecule has 12 nitrogen and oxygen atoms in total. The molecule has 8 bridgehead atoms. The predicted molar refractivity (Wildman–Crippen MR) is 161 cm³/mol. The van der Waals surface area contributed by atoms with Gasteiger partial charge in [0.1, 0.15) is 17.1 Å². The molecule has 2 aromatic heterocycles. The van der Waals surface area contributed by atoms with Crippen molar-refractivity contribution >= 4 is 36.6 Å². The number of methoxy groups -OCH3 is 1. The standard InChI is InChI=1S/C29H31F3N7O5P/c1-4-43-45(41)17-18-6-8-24(25(12-18)42-3)37-28-34-15-22(29(30,31)32)26(38-28)36-23-9-7-19(13-21(23)27(40)33-2)20-14-35-39(16-20)10-5-11-44-45/h6-9,12-16H,4-5,10-11,17H2,1-3H3,(H,33,40)(H2,34,36,37,38). The first-order chi connectivity index (χ1) is 21.5. The fourth-order valence-corrected chi connectivity index (χ4v) is 6.40. The van der Waals surface area contributed by atoms with Crippen molar-refractivity contribution in [1.29, 1.82) is 0 Å². The Morgan fingerprint density at radius 2 is 1.93 bits per heavy atom. The Morgan fingerprint density at radius 1 is 1.13 bits per heavy atom. The van der Waals surface area contributed by atoms with Crippen LogP contribution in [-0.4, -0.2) is 53.0 Å². The zero-order valence-corrected chi connectivity index (χ0v) is 25.5. The molecule has 1 atom stereocenters. The Kier molecular flexibility index (Phi) is 9.42. The van der Waals surface area contributed by atoms with Crippen molar-refractivity contribution in [1.82, 2.24) is 25.1 Å². The average Bonchev–Trinajstić information content (AvgIpc) is 3.48. The van der Waals surface area contributed by atoms with Gasteiger partial charge in [-0.05, 0) is 48.7 Å². The maximum Gasteiger partial charge on any atom is 0.421 e. The molecule has 2 aromatic carbocycles. The molecule has 4 aliphatic rings. The van der Waals surface area contributed by atoms with Crippen LogP contribution in [-0.2, 0) is 32.5 Å². The van der Waals surface area contributed by atoms with Crippen molar-refractivity contribution in [3.63, 3.8) is 0 Å². The zero-order chi connectivity index (χ0) is 32.2. The summed E-state index contributed by atoms with van der Waals surface area (Å²) in [6.45, 7) is 2.49. The number of nitrogens with zero attached hydrogens (tertiary/aromatic N) is 4. The molecule has 0 saturated carbocycles. The topological polar surface area (TPSA) is 142 Å². The van der Waals surface area contributed by atoms with Gasteiger partial charge in [0.15, 0.2) is 0 Å². The Bertz CT molecular complexity index is 1750. The van der Waals surface area contributed by atoms with Gasteiger partial charge in [-0.3, -0.25) is 14.0 Å². The highest BCUT2D eigenvalue weighted by Crippen LogP contribution is 2.52. The van der Waals surface area contributed by atoms with Crippen LogP contribution in [0, 0.1) is 0 Å². The smallest absolute Gasteiger partial charge is 0.421 e. The van der Waals surface area contributed by atoms with Crippen molar-refractivity contribution in [3.8, 4) is 16.9 Å². The quantitative estimate of drug-likeness (QED) is 0.215. The molecule has 4 aromatic rings. The summed E-state index contributed by atoms with van der Waals surface area (Å²) in [5.74, 6) is -0.976. The van der Waals surface area contributed by atoms with E-state index in [1.807, 2.05) is 0 Å². The Hall–Kier alpha value is -4.46. The van der Waals surface area contributed by atoms with Crippen molar-refractivity contribution in [2.24, 2.45) is 0 Å². The second-order valence-electron chi connectivity index (χ2n) is 9.94. The third-order valence-electron chi connectivity index (χ3n) is 6.84. The van der Waals surface area contributed by atoms with Crippen LogP contribution < -0.4 is 20.7 Å². The SMILES string of the molecule is CCOP1(=O)Cc2ccc(c(OC)c2)Nc2ncc(C(F)(F)F)c(n2)Nc2ccc(cc2C(=O)NC)-c2cnn(c2)CCCO1. The molecule has 1 amide bonds. The normalized spacial score (nSPS) is 17.0. The van der Waals surface area contributed by atoms with Crippen LogP contribution in [0.3, 0.4) is 0 Å². The van der Waals surface area contributed by atoms with Gasteiger partial charge in [-0.2, -0.15) is 23.3 Å². The number of carbonyl (C=O) groups is 1.